The molecule has 0 saturated carbocycles. The first kappa shape index (κ1) is 11.3. The average molecular weight is 246 g/mol. The lowest BCUT2D eigenvalue weighted by Gasteiger charge is -2.30. The molecule has 2 aromatic heterocycles. The molecule has 0 amide bonds. The van der Waals surface area contributed by atoms with E-state index >= 15 is 0 Å². The quantitative estimate of drug-likeness (QED) is 0.849. The normalized spacial score (nSPS) is 17.3. The van der Waals surface area contributed by atoms with E-state index in [9.17, 15) is 0 Å². The minimum Gasteiger partial charge on any atom is -0.463 e. The van der Waals surface area contributed by atoms with E-state index in [1.807, 2.05) is 12.1 Å². The van der Waals surface area contributed by atoms with E-state index in [1.165, 1.54) is 0 Å². The van der Waals surface area contributed by atoms with E-state index in [-0.39, 0.29) is 0 Å². The highest BCUT2D eigenvalue weighted by molar-refractivity contribution is 5.65. The SMILES string of the molecule is Cc1c(N2CCC(N)CC2)n[nH]c1-c1ccco1. The van der Waals surface area contributed by atoms with Gasteiger partial charge >= 0.3 is 0 Å². The number of aromatic amines is 1. The van der Waals surface area contributed by atoms with Crippen molar-refractivity contribution in [1.82, 2.24) is 10.2 Å². The van der Waals surface area contributed by atoms with E-state index in [4.69, 9.17) is 10.2 Å². The van der Waals surface area contributed by atoms with Crippen molar-refractivity contribution in [2.24, 2.45) is 5.73 Å². The zero-order chi connectivity index (χ0) is 12.5. The smallest absolute Gasteiger partial charge is 0.154 e. The summed E-state index contributed by atoms with van der Waals surface area (Å²) in [4.78, 5) is 2.29. The Kier molecular flexibility index (Phi) is 2.83. The summed E-state index contributed by atoms with van der Waals surface area (Å²) in [5, 5.41) is 7.49. The molecular formula is C13H18N4O. The first-order chi connectivity index (χ1) is 8.75. The van der Waals surface area contributed by atoms with Crippen LogP contribution in [0, 0.1) is 6.92 Å². The van der Waals surface area contributed by atoms with E-state index in [0.29, 0.717) is 6.04 Å². The summed E-state index contributed by atoms with van der Waals surface area (Å²) in [6, 6.07) is 4.16. The maximum Gasteiger partial charge on any atom is 0.154 e. The third-order valence-corrected chi connectivity index (χ3v) is 3.59. The fraction of sp³-hybridized carbons (Fsp3) is 0.462. The van der Waals surface area contributed by atoms with Gasteiger partial charge in [0.1, 0.15) is 5.69 Å². The van der Waals surface area contributed by atoms with Gasteiger partial charge in [-0.15, -0.1) is 0 Å². The molecule has 5 nitrogen and oxygen atoms in total. The van der Waals surface area contributed by atoms with Crippen molar-refractivity contribution in [3.8, 4) is 11.5 Å². The highest BCUT2D eigenvalue weighted by atomic mass is 16.3. The molecule has 1 fully saturated rings. The van der Waals surface area contributed by atoms with Crippen LogP contribution in [0.4, 0.5) is 5.82 Å². The van der Waals surface area contributed by atoms with Crippen LogP contribution < -0.4 is 10.6 Å². The van der Waals surface area contributed by atoms with Gasteiger partial charge in [0.2, 0.25) is 0 Å². The van der Waals surface area contributed by atoms with E-state index in [2.05, 4.69) is 22.0 Å². The zero-order valence-electron chi connectivity index (χ0n) is 10.5. The van der Waals surface area contributed by atoms with Crippen molar-refractivity contribution in [1.29, 1.82) is 0 Å². The molecule has 3 rings (SSSR count). The summed E-state index contributed by atoms with van der Waals surface area (Å²) >= 11 is 0. The summed E-state index contributed by atoms with van der Waals surface area (Å²) in [5.74, 6) is 1.85. The molecule has 0 spiro atoms. The molecule has 0 unspecified atom stereocenters. The molecule has 5 heteroatoms. The van der Waals surface area contributed by atoms with Gasteiger partial charge in [0.15, 0.2) is 11.6 Å². The molecule has 0 bridgehead atoms. The van der Waals surface area contributed by atoms with Crippen LogP contribution in [0.5, 0.6) is 0 Å². The summed E-state index contributed by atoms with van der Waals surface area (Å²) in [7, 11) is 0. The van der Waals surface area contributed by atoms with Crippen LogP contribution >= 0.6 is 0 Å². The number of nitrogens with zero attached hydrogens (tertiary/aromatic N) is 2. The highest BCUT2D eigenvalue weighted by Gasteiger charge is 2.22. The van der Waals surface area contributed by atoms with Crippen molar-refractivity contribution in [3.63, 3.8) is 0 Å². The number of aromatic nitrogens is 2. The lowest BCUT2D eigenvalue weighted by molar-refractivity contribution is 0.498. The number of nitrogens with two attached hydrogens (primary N) is 1. The van der Waals surface area contributed by atoms with Crippen LogP contribution in [-0.4, -0.2) is 29.3 Å². The molecule has 1 aliphatic rings. The molecule has 3 N–H and O–H groups in total. The second-order valence-corrected chi connectivity index (χ2v) is 4.85. The molecule has 1 saturated heterocycles. The summed E-state index contributed by atoms with van der Waals surface area (Å²) in [5.41, 5.74) is 8.03. The van der Waals surface area contributed by atoms with Gasteiger partial charge in [-0.2, -0.15) is 5.10 Å². The van der Waals surface area contributed by atoms with Crippen molar-refractivity contribution in [2.75, 3.05) is 18.0 Å². The first-order valence-corrected chi connectivity index (χ1v) is 6.35. The summed E-state index contributed by atoms with van der Waals surface area (Å²) in [6.45, 7) is 4.03. The minimum absolute atomic E-state index is 0.338. The summed E-state index contributed by atoms with van der Waals surface area (Å²) in [6.07, 6.45) is 3.74. The van der Waals surface area contributed by atoms with Crippen molar-refractivity contribution in [3.05, 3.63) is 24.0 Å². The number of hydrogen-bond donors (Lipinski definition) is 2. The lowest BCUT2D eigenvalue weighted by atomic mass is 10.1. The van der Waals surface area contributed by atoms with Gasteiger partial charge in [0.25, 0.3) is 0 Å². The Labute approximate surface area is 106 Å². The second-order valence-electron chi connectivity index (χ2n) is 4.85. The van der Waals surface area contributed by atoms with Crippen LogP contribution in [0.1, 0.15) is 18.4 Å². The maximum atomic E-state index is 5.93. The third kappa shape index (κ3) is 1.90. The number of furan rings is 1. The van der Waals surface area contributed by atoms with Gasteiger partial charge < -0.3 is 15.1 Å². The minimum atomic E-state index is 0.338. The van der Waals surface area contributed by atoms with Gasteiger partial charge in [-0.05, 0) is 31.9 Å². The first-order valence-electron chi connectivity index (χ1n) is 6.35. The lowest BCUT2D eigenvalue weighted by Crippen LogP contribution is -2.40. The van der Waals surface area contributed by atoms with Crippen LogP contribution in [0.3, 0.4) is 0 Å². The Bertz CT molecular complexity index is 509. The molecule has 3 heterocycles. The van der Waals surface area contributed by atoms with Crippen molar-refractivity contribution >= 4 is 5.82 Å². The number of nitrogens with one attached hydrogen (secondary N) is 1. The van der Waals surface area contributed by atoms with Gasteiger partial charge in [-0.25, -0.2) is 0 Å². The zero-order valence-corrected chi connectivity index (χ0v) is 10.5. The number of hydrogen-bond acceptors (Lipinski definition) is 4. The number of piperidine rings is 1. The van der Waals surface area contributed by atoms with Gasteiger partial charge in [0, 0.05) is 24.7 Å². The van der Waals surface area contributed by atoms with Crippen LogP contribution in [0.2, 0.25) is 0 Å². The highest BCUT2D eigenvalue weighted by Crippen LogP contribution is 2.29. The molecule has 96 valence electrons. The third-order valence-electron chi connectivity index (χ3n) is 3.59. The van der Waals surface area contributed by atoms with Crippen molar-refractivity contribution in [2.45, 2.75) is 25.8 Å². The Morgan fingerprint density at radius 1 is 1.44 bits per heavy atom. The maximum absolute atomic E-state index is 5.93. The van der Waals surface area contributed by atoms with Crippen LogP contribution in [0.15, 0.2) is 22.8 Å². The Hall–Kier alpha value is -1.75. The second kappa shape index (κ2) is 4.49. The summed E-state index contributed by atoms with van der Waals surface area (Å²) < 4.78 is 5.41. The molecule has 18 heavy (non-hydrogen) atoms. The molecule has 1 aliphatic heterocycles. The predicted molar refractivity (Wildman–Crippen MR) is 70.4 cm³/mol. The van der Waals surface area contributed by atoms with E-state index in [0.717, 1.165) is 48.8 Å². The molecule has 0 radical (unpaired) electrons. The largest absolute Gasteiger partial charge is 0.463 e. The predicted octanol–water partition coefficient (Wildman–Crippen LogP) is 1.91. The average Bonchev–Trinajstić information content (AvgIpc) is 2.99. The standard InChI is InChI=1S/C13H18N4O/c1-9-12(11-3-2-8-18-11)15-16-13(9)17-6-4-10(14)5-7-17/h2-3,8,10H,4-7,14H2,1H3,(H,15,16). The fourth-order valence-electron chi connectivity index (χ4n) is 2.47. The Morgan fingerprint density at radius 3 is 2.89 bits per heavy atom. The van der Waals surface area contributed by atoms with Gasteiger partial charge in [-0.1, -0.05) is 0 Å². The van der Waals surface area contributed by atoms with Gasteiger partial charge in [-0.3, -0.25) is 5.10 Å². The molecule has 0 aromatic carbocycles. The number of H-pyrrole nitrogens is 1. The monoisotopic (exact) mass is 246 g/mol. The van der Waals surface area contributed by atoms with E-state index < -0.39 is 0 Å². The fourth-order valence-corrected chi connectivity index (χ4v) is 2.47. The number of rotatable bonds is 2. The molecule has 2 aromatic rings. The topological polar surface area (TPSA) is 71.1 Å². The number of anilines is 1. The Morgan fingerprint density at radius 2 is 2.22 bits per heavy atom. The van der Waals surface area contributed by atoms with Crippen LogP contribution in [-0.2, 0) is 0 Å². The Balaban J connectivity index is 1.86. The van der Waals surface area contributed by atoms with Gasteiger partial charge in [0.05, 0.1) is 6.26 Å². The molecule has 0 aliphatic carbocycles. The molecular weight excluding hydrogens is 228 g/mol. The van der Waals surface area contributed by atoms with Crippen LogP contribution in [0.25, 0.3) is 11.5 Å². The van der Waals surface area contributed by atoms with Crippen molar-refractivity contribution < 1.29 is 4.42 Å². The van der Waals surface area contributed by atoms with E-state index in [1.54, 1.807) is 6.26 Å². The molecule has 0 atom stereocenters.